The molecule has 0 aliphatic rings. The molecule has 0 aliphatic carbocycles. The van der Waals surface area contributed by atoms with Crippen LogP contribution in [0.1, 0.15) is 77.9 Å². The summed E-state index contributed by atoms with van der Waals surface area (Å²) < 4.78 is 171. The third kappa shape index (κ3) is 29.5. The van der Waals surface area contributed by atoms with Crippen molar-refractivity contribution >= 4 is 233 Å². The van der Waals surface area contributed by atoms with Crippen molar-refractivity contribution in [3.8, 4) is 11.1 Å². The number of esters is 4. The van der Waals surface area contributed by atoms with Gasteiger partial charge < -0.3 is 43.9 Å². The number of methoxy groups -OCH3 is 4. The fraction of sp³-hybridized carbons (Fsp3) is 0.159. The van der Waals surface area contributed by atoms with E-state index in [9.17, 15) is 75.6 Å². The van der Waals surface area contributed by atoms with Crippen LogP contribution in [0, 0.1) is 0 Å². The highest BCUT2D eigenvalue weighted by atomic mass is 79.9. The van der Waals surface area contributed by atoms with Gasteiger partial charge in [0.15, 0.2) is 6.29 Å². The van der Waals surface area contributed by atoms with Crippen LogP contribution in [-0.4, -0.2) is 139 Å². The molecule has 0 unspecified atom stereocenters. The highest BCUT2D eigenvalue weighted by Gasteiger charge is 2.32. The first-order chi connectivity index (χ1) is 60.9. The van der Waals surface area contributed by atoms with E-state index in [-0.39, 0.29) is 72.2 Å². The number of aryl methyl sites for hydroxylation is 3. The Bertz CT molecular complexity index is 6970. The highest BCUT2D eigenvalue weighted by molar-refractivity contribution is 9.10. The smallest absolute Gasteiger partial charge is 0.469 e. The number of hydrogen-bond donors (Lipinski definition) is 5. The van der Waals surface area contributed by atoms with Crippen LogP contribution in [0.5, 0.6) is 0 Å². The van der Waals surface area contributed by atoms with Gasteiger partial charge in [-0.25, -0.2) is 38.0 Å². The fourth-order valence-corrected chi connectivity index (χ4v) is 17.4. The predicted molar refractivity (Wildman–Crippen MR) is 503 cm³/mol. The second-order valence-corrected chi connectivity index (χ2v) is 37.1. The van der Waals surface area contributed by atoms with Crippen LogP contribution in [0.2, 0.25) is 25.1 Å². The number of ether oxygens (including phenoxy) is 4. The summed E-state index contributed by atoms with van der Waals surface area (Å²) in [7, 11) is -3.02. The SMILES string of the molecule is C.C.COC(=O)/C=C/c1c[nH]c2ccc(Cl)cc12.COC(=O)CCc1c[nH]c2ccc(Cl)cc12.COC(=O)CCc1cn(S(=O)(=O)c2cncc(-c3ccc(C(F)(F)F)cc3)c2)c2ccc(Cl)cc12.COC(=O)CCc1cn(S(=O)(=O)c2cncc(Br)c2)c2ccc(Cl)cc12.O=Cc1c[nH]c2ccc(Cl)cc12.O=S(=O)(Cl)c1cncc(Br)c1.OB(O)c1ccc(C(F)(F)F)cc1. The largest absolute Gasteiger partial charge is 0.488 e. The number of aromatic amines is 3. The number of pyridine rings is 3. The lowest BCUT2D eigenvalue weighted by Gasteiger charge is -2.10. The molecule has 15 aromatic rings. The van der Waals surface area contributed by atoms with E-state index in [1.165, 1.54) is 118 Å². The molecule has 0 amide bonds. The number of fused-ring (bicyclic) bond motifs is 5. The van der Waals surface area contributed by atoms with E-state index >= 15 is 0 Å². The quantitative estimate of drug-likeness (QED) is 0.00954. The molecule has 8 heterocycles. The molecule has 0 fully saturated rings. The summed E-state index contributed by atoms with van der Waals surface area (Å²) in [4.78, 5) is 76.3. The molecular formula is C88H77BBr2Cl6F6N8O17S3. The molecule has 0 spiro atoms. The number of halogens is 14. The number of hydrogen-bond acceptors (Lipinski definition) is 20. The van der Waals surface area contributed by atoms with Crippen LogP contribution in [-0.2, 0) is 98.8 Å². The van der Waals surface area contributed by atoms with E-state index in [1.807, 2.05) is 54.9 Å². The number of nitrogens with one attached hydrogen (secondary N) is 3. The molecule has 0 saturated carbocycles. The number of alkyl halides is 6. The topological polar surface area (TPSA) is 361 Å². The summed E-state index contributed by atoms with van der Waals surface area (Å²) in [5.74, 6) is -1.39. The monoisotopic (exact) mass is 2110 g/mol. The average molecular weight is 2110 g/mol. The third-order valence-corrected chi connectivity index (χ3v) is 25.1. The fourth-order valence-electron chi connectivity index (χ4n) is 12.0. The minimum atomic E-state index is -4.48. The lowest BCUT2D eigenvalue weighted by molar-refractivity contribution is -0.141. The lowest BCUT2D eigenvalue weighted by Crippen LogP contribution is -2.29. The van der Waals surface area contributed by atoms with Gasteiger partial charge in [0.1, 0.15) is 14.7 Å². The lowest BCUT2D eigenvalue weighted by atomic mass is 9.80. The number of aldehydes is 1. The molecule has 0 saturated heterocycles. The Hall–Kier alpha value is -10.9. The Morgan fingerprint density at radius 1 is 0.450 bits per heavy atom. The van der Waals surface area contributed by atoms with Gasteiger partial charge in [-0.2, -0.15) is 26.3 Å². The van der Waals surface area contributed by atoms with Crippen LogP contribution in [0.15, 0.2) is 256 Å². The van der Waals surface area contributed by atoms with Crippen molar-refractivity contribution in [2.45, 2.75) is 80.4 Å². The number of carbonyl (C=O) groups excluding carboxylic acids is 5. The summed E-state index contributed by atoms with van der Waals surface area (Å²) in [6.45, 7) is 0. The Morgan fingerprint density at radius 3 is 1.22 bits per heavy atom. The minimum absolute atomic E-state index is 0. The Labute approximate surface area is 793 Å². The molecule has 0 aliphatic heterocycles. The van der Waals surface area contributed by atoms with Crippen molar-refractivity contribution in [1.82, 2.24) is 37.8 Å². The second-order valence-electron chi connectivity index (χ2n) is 26.9. The van der Waals surface area contributed by atoms with Crippen molar-refractivity contribution in [2.24, 2.45) is 0 Å². The van der Waals surface area contributed by atoms with Crippen molar-refractivity contribution in [2.75, 3.05) is 28.4 Å². The molecule has 15 rings (SSSR count). The van der Waals surface area contributed by atoms with Crippen LogP contribution in [0.3, 0.4) is 0 Å². The summed E-state index contributed by atoms with van der Waals surface area (Å²) >= 11 is 36.1. The first kappa shape index (κ1) is 107. The zero-order valence-electron chi connectivity index (χ0n) is 67.2. The van der Waals surface area contributed by atoms with Gasteiger partial charge in [-0.3, -0.25) is 34.1 Å². The number of rotatable bonds is 19. The number of carbonyl (C=O) groups is 5. The zero-order chi connectivity index (χ0) is 94.5. The van der Waals surface area contributed by atoms with Crippen LogP contribution in [0.25, 0.3) is 71.7 Å². The minimum Gasteiger partial charge on any atom is -0.469 e. The van der Waals surface area contributed by atoms with E-state index < -0.39 is 65.7 Å². The van der Waals surface area contributed by atoms with Gasteiger partial charge in [-0.15, -0.1) is 0 Å². The number of benzene rings is 7. The van der Waals surface area contributed by atoms with Crippen molar-refractivity contribution in [3.63, 3.8) is 0 Å². The van der Waals surface area contributed by atoms with Gasteiger partial charge in [0, 0.05) is 198 Å². The molecule has 690 valence electrons. The van der Waals surface area contributed by atoms with Gasteiger partial charge in [0.05, 0.1) is 50.6 Å². The maximum absolute atomic E-state index is 13.6. The molecule has 8 aromatic heterocycles. The first-order valence-corrected chi connectivity index (χ1v) is 45.8. The molecule has 131 heavy (non-hydrogen) atoms. The second kappa shape index (κ2) is 48.0. The van der Waals surface area contributed by atoms with E-state index in [0.29, 0.717) is 103 Å². The summed E-state index contributed by atoms with van der Waals surface area (Å²) in [6, 6.07) is 38.6. The van der Waals surface area contributed by atoms with E-state index in [4.69, 9.17) is 78.7 Å². The molecule has 43 heteroatoms. The van der Waals surface area contributed by atoms with Crippen LogP contribution >= 0.6 is 101 Å². The molecule has 25 nitrogen and oxygen atoms in total. The zero-order valence-corrected chi connectivity index (χ0v) is 77.3. The van der Waals surface area contributed by atoms with Gasteiger partial charge in [0.2, 0.25) is 0 Å². The van der Waals surface area contributed by atoms with Gasteiger partial charge in [-0.05, 0) is 206 Å². The number of nitrogens with zero attached hydrogens (tertiary/aromatic N) is 5. The van der Waals surface area contributed by atoms with Crippen molar-refractivity contribution in [1.29, 1.82) is 0 Å². The van der Waals surface area contributed by atoms with Crippen LogP contribution in [0.4, 0.5) is 26.3 Å². The highest BCUT2D eigenvalue weighted by Crippen LogP contribution is 2.36. The Balaban J connectivity index is 0.000000217. The summed E-state index contributed by atoms with van der Waals surface area (Å²) in [5, 5.41) is 24.2. The molecule has 0 atom stereocenters. The number of aromatic nitrogens is 8. The van der Waals surface area contributed by atoms with Gasteiger partial charge >= 0.3 is 43.3 Å². The molecule has 0 radical (unpaired) electrons. The molecule has 0 bridgehead atoms. The maximum atomic E-state index is 13.6. The van der Waals surface area contributed by atoms with E-state index in [1.54, 1.807) is 60.8 Å². The van der Waals surface area contributed by atoms with E-state index in [2.05, 4.69) is 80.7 Å². The maximum Gasteiger partial charge on any atom is 0.488 e. The normalized spacial score (nSPS) is 11.3. The first-order valence-electron chi connectivity index (χ1n) is 37.1. The van der Waals surface area contributed by atoms with Gasteiger partial charge in [-0.1, -0.05) is 109 Å². The van der Waals surface area contributed by atoms with E-state index in [0.717, 1.165) is 90.5 Å². The number of H-pyrrole nitrogens is 3. The molecule has 5 N–H and O–H groups in total. The van der Waals surface area contributed by atoms with Crippen molar-refractivity contribution < 1.29 is 105 Å². The van der Waals surface area contributed by atoms with Gasteiger partial charge in [0.25, 0.3) is 29.1 Å². The Kier molecular flexibility index (Phi) is 39.2. The standard InChI is InChI=1S/C24H18ClF3N2O4S.C17H14BrClN2O4S.C12H12ClNO2.C12H10ClNO2.C9H6ClNO.C7H6BF3O2.C5H3BrClNO2S.2CH4/c1-34-23(31)9-4-16-14-30(22-8-7-19(25)11-21(16)22)35(32,33)20-10-17(12-29-13-20)15-2-5-18(6-3-15)24(26,27)28;1-25-17(22)5-2-11-10-21(16-4-3-13(19)7-15(11)16)26(23,24)14-6-12(18)8-20-9-14;2*1-16-12(15)5-2-8-7-14-11-4-3-9(13)6-10(8)11;10-7-1-2-9-8(3-7)6(5-12)4-11-9;9-7(10,11)5-1-3-6(4-2-5)8(12)13;6-4-1-5(3-8-2-4)11(7,9)10;;/h2-3,5-8,10-14H,4,9H2,1H3;3-4,6-10H,2,5H2,1H3;3-4,6-7,14H,2,5H2,1H3;2-7,14H,1H3;1-5,11H;1-4,12-13H;1-3H;2*1H4/b;;;5-2+;;;;;. The third-order valence-electron chi connectivity index (χ3n) is 18.5. The summed E-state index contributed by atoms with van der Waals surface area (Å²) in [6.07, 6.45) is 13.2. The average Bonchev–Trinajstić information content (AvgIpc) is 1.61. The Morgan fingerprint density at radius 2 is 0.817 bits per heavy atom. The summed E-state index contributed by atoms with van der Waals surface area (Å²) in [5.41, 5.74) is 6.83. The van der Waals surface area contributed by atoms with Crippen molar-refractivity contribution in [3.05, 3.63) is 305 Å². The molecule has 7 aromatic carbocycles. The molecular weight excluding hydrogens is 2030 g/mol. The van der Waals surface area contributed by atoms with Crippen LogP contribution < -0.4 is 5.46 Å². The predicted octanol–water partition coefficient (Wildman–Crippen LogP) is 21.5.